The highest BCUT2D eigenvalue weighted by atomic mass is 35.5. The van der Waals surface area contributed by atoms with Crippen LogP contribution in [-0.4, -0.2) is 49.1 Å². The highest BCUT2D eigenvalue weighted by Crippen LogP contribution is 2.65. The van der Waals surface area contributed by atoms with Crippen molar-refractivity contribution in [1.29, 1.82) is 0 Å². The standard InChI is InChI=1S/C29H38ClN7O2S/c1-28(2)18-20(19-31-28)4-3-14-36-15-9-25(34-36)40-35-27(38)22-5-6-23(32-26(22)30)37-16-8-24(33-37)39-17-10-21-7-11-29(21)12-13-29/h5-6,8-9,15-16,20-21,31H,3-4,7,10-14,17-19H2,1-2H3,(H,35,38). The Morgan fingerprint density at radius 2 is 2.05 bits per heavy atom. The average Bonchev–Trinajstić information content (AvgIpc) is 3.23. The highest BCUT2D eigenvalue weighted by Gasteiger charge is 2.54. The molecule has 3 fully saturated rings. The molecule has 9 nitrogen and oxygen atoms in total. The second-order valence-electron chi connectivity index (χ2n) is 12.3. The summed E-state index contributed by atoms with van der Waals surface area (Å²) in [6.07, 6.45) is 13.8. The van der Waals surface area contributed by atoms with Gasteiger partial charge in [0.2, 0.25) is 5.88 Å². The predicted molar refractivity (Wildman–Crippen MR) is 156 cm³/mol. The molecule has 3 aliphatic rings. The fourth-order valence-electron chi connectivity index (χ4n) is 6.27. The maximum Gasteiger partial charge on any atom is 0.264 e. The number of aromatic nitrogens is 5. The normalized spacial score (nSPS) is 22.3. The molecule has 1 spiro atoms. The van der Waals surface area contributed by atoms with Gasteiger partial charge in [-0.3, -0.25) is 14.2 Å². The fourth-order valence-corrected chi connectivity index (χ4v) is 7.09. The van der Waals surface area contributed by atoms with Gasteiger partial charge in [0.05, 0.1) is 12.2 Å². The highest BCUT2D eigenvalue weighted by molar-refractivity contribution is 7.97. The van der Waals surface area contributed by atoms with Crippen LogP contribution in [0.4, 0.5) is 0 Å². The number of carbonyl (C=O) groups excluding carboxylic acids is 1. The van der Waals surface area contributed by atoms with E-state index in [1.807, 2.05) is 23.0 Å². The van der Waals surface area contributed by atoms with E-state index in [2.05, 4.69) is 39.1 Å². The molecule has 2 aliphatic carbocycles. The molecule has 3 aromatic heterocycles. The molecular weight excluding hydrogens is 546 g/mol. The zero-order valence-corrected chi connectivity index (χ0v) is 24.8. The average molecular weight is 584 g/mol. The van der Waals surface area contributed by atoms with E-state index in [1.54, 1.807) is 23.0 Å². The Balaban J connectivity index is 0.950. The monoisotopic (exact) mass is 583 g/mol. The molecule has 4 heterocycles. The van der Waals surface area contributed by atoms with E-state index in [9.17, 15) is 4.79 Å². The summed E-state index contributed by atoms with van der Waals surface area (Å²) in [6, 6.07) is 7.11. The lowest BCUT2D eigenvalue weighted by atomic mass is 9.69. The van der Waals surface area contributed by atoms with Gasteiger partial charge >= 0.3 is 0 Å². The maximum atomic E-state index is 12.8. The molecule has 1 saturated heterocycles. The number of amides is 1. The molecule has 11 heteroatoms. The SMILES string of the molecule is CC1(C)CC(CCCn2ccc(SNC(=O)c3ccc(-n4ccc(OCCC5CCC56CC6)n4)nc3Cl)n2)CN1. The van der Waals surface area contributed by atoms with E-state index in [4.69, 9.17) is 16.3 Å². The topological polar surface area (TPSA) is 98.9 Å². The van der Waals surface area contributed by atoms with E-state index in [-0.39, 0.29) is 16.6 Å². The molecule has 2 saturated carbocycles. The number of halogens is 1. The van der Waals surface area contributed by atoms with Gasteiger partial charge in [0, 0.05) is 42.5 Å². The van der Waals surface area contributed by atoms with Gasteiger partial charge in [-0.15, -0.1) is 5.10 Å². The van der Waals surface area contributed by atoms with Crippen LogP contribution in [0.5, 0.6) is 5.88 Å². The Bertz CT molecular complexity index is 1350. The zero-order chi connectivity index (χ0) is 27.7. The van der Waals surface area contributed by atoms with Gasteiger partial charge in [-0.1, -0.05) is 11.6 Å². The molecule has 2 N–H and O–H groups in total. The Morgan fingerprint density at radius 1 is 1.18 bits per heavy atom. The van der Waals surface area contributed by atoms with Gasteiger partial charge < -0.3 is 10.1 Å². The quantitative estimate of drug-likeness (QED) is 0.209. The summed E-state index contributed by atoms with van der Waals surface area (Å²) in [4.78, 5) is 17.2. The third-order valence-electron chi connectivity index (χ3n) is 8.88. The Kier molecular flexibility index (Phi) is 7.85. The van der Waals surface area contributed by atoms with Crippen LogP contribution in [0.25, 0.3) is 5.82 Å². The third-order valence-corrected chi connectivity index (χ3v) is 9.88. The lowest BCUT2D eigenvalue weighted by Gasteiger charge is -2.37. The Hall–Kier alpha value is -2.56. The molecule has 3 aromatic rings. The summed E-state index contributed by atoms with van der Waals surface area (Å²) >= 11 is 7.56. The van der Waals surface area contributed by atoms with Gasteiger partial charge in [-0.05, 0) is 107 Å². The van der Waals surface area contributed by atoms with Gasteiger partial charge in [-0.2, -0.15) is 5.10 Å². The van der Waals surface area contributed by atoms with Crippen molar-refractivity contribution in [2.45, 2.75) is 82.3 Å². The van der Waals surface area contributed by atoms with Crippen molar-refractivity contribution in [3.05, 3.63) is 47.4 Å². The first-order chi connectivity index (χ1) is 19.3. The van der Waals surface area contributed by atoms with Crippen LogP contribution in [0.15, 0.2) is 41.7 Å². The lowest BCUT2D eigenvalue weighted by molar-refractivity contribution is 0.0984. The molecule has 0 bridgehead atoms. The van der Waals surface area contributed by atoms with Crippen molar-refractivity contribution in [3.63, 3.8) is 0 Å². The second kappa shape index (κ2) is 11.4. The number of nitrogens with one attached hydrogen (secondary N) is 2. The summed E-state index contributed by atoms with van der Waals surface area (Å²) < 4.78 is 12.3. The molecule has 214 valence electrons. The number of pyridine rings is 1. The summed E-state index contributed by atoms with van der Waals surface area (Å²) in [5.74, 6) is 2.31. The van der Waals surface area contributed by atoms with Crippen LogP contribution in [0.1, 0.15) is 75.6 Å². The van der Waals surface area contributed by atoms with Gasteiger partial charge in [-0.25, -0.2) is 9.67 Å². The number of carbonyl (C=O) groups is 1. The van der Waals surface area contributed by atoms with Crippen molar-refractivity contribution in [1.82, 2.24) is 34.6 Å². The lowest BCUT2D eigenvalue weighted by Crippen LogP contribution is -2.31. The van der Waals surface area contributed by atoms with Crippen LogP contribution in [-0.2, 0) is 6.54 Å². The Labute approximate surface area is 244 Å². The minimum atomic E-state index is -0.325. The van der Waals surface area contributed by atoms with Gasteiger partial charge in [0.25, 0.3) is 5.91 Å². The van der Waals surface area contributed by atoms with Crippen LogP contribution in [0, 0.1) is 17.3 Å². The van der Waals surface area contributed by atoms with E-state index < -0.39 is 0 Å². The van der Waals surface area contributed by atoms with E-state index in [1.165, 1.54) is 50.5 Å². The molecule has 2 atom stereocenters. The minimum Gasteiger partial charge on any atom is -0.477 e. The van der Waals surface area contributed by atoms with Crippen molar-refractivity contribution in [2.75, 3.05) is 13.2 Å². The molecule has 1 amide bonds. The van der Waals surface area contributed by atoms with Gasteiger partial charge in [0.15, 0.2) is 5.82 Å². The number of aryl methyl sites for hydroxylation is 1. The third kappa shape index (κ3) is 6.34. The first-order valence-corrected chi connectivity index (χ1v) is 15.6. The summed E-state index contributed by atoms with van der Waals surface area (Å²) in [6.45, 7) is 7.17. The molecule has 0 radical (unpaired) electrons. The predicted octanol–water partition coefficient (Wildman–Crippen LogP) is 5.68. The van der Waals surface area contributed by atoms with Gasteiger partial charge in [0.1, 0.15) is 10.2 Å². The zero-order valence-electron chi connectivity index (χ0n) is 23.2. The largest absolute Gasteiger partial charge is 0.477 e. The Morgan fingerprint density at radius 3 is 2.77 bits per heavy atom. The molecular formula is C29H38ClN7O2S. The number of ether oxygens (including phenoxy) is 1. The number of hydrogen-bond acceptors (Lipinski definition) is 7. The fraction of sp³-hybridized carbons (Fsp3) is 0.586. The van der Waals surface area contributed by atoms with Crippen molar-refractivity contribution < 1.29 is 9.53 Å². The maximum absolute atomic E-state index is 12.8. The molecule has 6 rings (SSSR count). The van der Waals surface area contributed by atoms with Crippen LogP contribution in [0.2, 0.25) is 5.15 Å². The molecule has 2 unspecified atom stereocenters. The van der Waals surface area contributed by atoms with E-state index in [0.29, 0.717) is 29.3 Å². The van der Waals surface area contributed by atoms with E-state index in [0.717, 1.165) is 42.8 Å². The van der Waals surface area contributed by atoms with E-state index >= 15 is 0 Å². The first-order valence-electron chi connectivity index (χ1n) is 14.4. The molecule has 0 aromatic carbocycles. The molecule has 1 aliphatic heterocycles. The van der Waals surface area contributed by atoms with Crippen LogP contribution >= 0.6 is 23.5 Å². The summed E-state index contributed by atoms with van der Waals surface area (Å²) in [5.41, 5.74) is 1.22. The summed E-state index contributed by atoms with van der Waals surface area (Å²) in [7, 11) is 0. The minimum absolute atomic E-state index is 0.114. The number of nitrogens with zero attached hydrogens (tertiary/aromatic N) is 5. The number of rotatable bonds is 12. The van der Waals surface area contributed by atoms with Crippen LogP contribution < -0.4 is 14.8 Å². The smallest absolute Gasteiger partial charge is 0.264 e. The molecule has 40 heavy (non-hydrogen) atoms. The second-order valence-corrected chi connectivity index (χ2v) is 13.5. The van der Waals surface area contributed by atoms with Crippen LogP contribution in [0.3, 0.4) is 0 Å². The first kappa shape index (κ1) is 27.6. The van der Waals surface area contributed by atoms with Crippen molar-refractivity contribution in [3.8, 4) is 11.7 Å². The van der Waals surface area contributed by atoms with Crippen molar-refractivity contribution in [2.24, 2.45) is 17.3 Å². The number of hydrogen-bond donors (Lipinski definition) is 2. The van der Waals surface area contributed by atoms with Crippen molar-refractivity contribution >= 4 is 29.5 Å². The summed E-state index contributed by atoms with van der Waals surface area (Å²) in [5, 5.41) is 13.5.